The van der Waals surface area contributed by atoms with Crippen molar-refractivity contribution in [2.45, 2.75) is 6.54 Å². The molecule has 2 fully saturated rings. The Hall–Kier alpha value is -1.44. The standard InChI is InChI=1S/C20H32N6O3S.HI/c1-23(2)18(27)15-22-20(21-14-17-4-3-13-30-17)26-7-5-24(6-8-26)16-19(28)25-9-11-29-12-10-25;/h3-4,13H,5-12,14-16H2,1-2H3,(H,21,22);1H. The van der Waals surface area contributed by atoms with Gasteiger partial charge in [-0.1, -0.05) is 6.07 Å². The second-order valence-electron chi connectivity index (χ2n) is 7.62. The third-order valence-electron chi connectivity index (χ3n) is 5.26. The first-order valence-electron chi connectivity index (χ1n) is 10.4. The SMILES string of the molecule is CN(C)C(=O)CN=C(NCc1cccs1)N1CCN(CC(=O)N2CCOCC2)CC1.I. The number of thiophene rings is 1. The van der Waals surface area contributed by atoms with Crippen molar-refractivity contribution in [3.63, 3.8) is 0 Å². The van der Waals surface area contributed by atoms with E-state index in [0.29, 0.717) is 39.4 Å². The predicted octanol–water partition coefficient (Wildman–Crippen LogP) is 0.376. The number of aliphatic imine (C=N–C) groups is 1. The van der Waals surface area contributed by atoms with Gasteiger partial charge in [-0.3, -0.25) is 14.5 Å². The zero-order chi connectivity index (χ0) is 21.3. The van der Waals surface area contributed by atoms with Crippen molar-refractivity contribution in [2.24, 2.45) is 4.99 Å². The number of ether oxygens (including phenoxy) is 1. The van der Waals surface area contributed by atoms with Crippen LogP contribution < -0.4 is 5.32 Å². The van der Waals surface area contributed by atoms with Gasteiger partial charge in [0.15, 0.2) is 5.96 Å². The summed E-state index contributed by atoms with van der Waals surface area (Å²) in [6.45, 7) is 6.98. The Morgan fingerprint density at radius 3 is 2.45 bits per heavy atom. The van der Waals surface area contributed by atoms with Crippen LogP contribution in [0.2, 0.25) is 0 Å². The number of carbonyl (C=O) groups excluding carboxylic acids is 2. The molecule has 2 saturated heterocycles. The van der Waals surface area contributed by atoms with E-state index in [9.17, 15) is 9.59 Å². The molecule has 1 aromatic rings. The third-order valence-corrected chi connectivity index (χ3v) is 6.13. The van der Waals surface area contributed by atoms with E-state index >= 15 is 0 Å². The highest BCUT2D eigenvalue weighted by Crippen LogP contribution is 2.09. The predicted molar refractivity (Wildman–Crippen MR) is 133 cm³/mol. The number of likely N-dealkylation sites (N-methyl/N-ethyl adjacent to an activating group) is 1. The number of rotatable bonds is 6. The zero-order valence-corrected chi connectivity index (χ0v) is 21.4. The van der Waals surface area contributed by atoms with E-state index in [-0.39, 0.29) is 42.3 Å². The third kappa shape index (κ3) is 8.20. The molecule has 31 heavy (non-hydrogen) atoms. The van der Waals surface area contributed by atoms with Crippen molar-refractivity contribution in [3.05, 3.63) is 22.4 Å². The average Bonchev–Trinajstić information content (AvgIpc) is 3.28. The normalized spacial score (nSPS) is 17.8. The lowest BCUT2D eigenvalue weighted by molar-refractivity contribution is -0.136. The molecule has 9 nitrogen and oxygen atoms in total. The summed E-state index contributed by atoms with van der Waals surface area (Å²) < 4.78 is 5.32. The highest BCUT2D eigenvalue weighted by atomic mass is 127. The highest BCUT2D eigenvalue weighted by molar-refractivity contribution is 14.0. The van der Waals surface area contributed by atoms with Gasteiger partial charge in [-0.2, -0.15) is 0 Å². The van der Waals surface area contributed by atoms with E-state index in [2.05, 4.69) is 26.2 Å². The number of piperazine rings is 1. The molecule has 1 aromatic heterocycles. The number of amides is 2. The minimum absolute atomic E-state index is 0. The topological polar surface area (TPSA) is 80.7 Å². The summed E-state index contributed by atoms with van der Waals surface area (Å²) in [7, 11) is 3.47. The molecule has 3 rings (SSSR count). The summed E-state index contributed by atoms with van der Waals surface area (Å²) >= 11 is 1.69. The Bertz CT molecular complexity index is 717. The first kappa shape index (κ1) is 25.8. The van der Waals surface area contributed by atoms with Crippen LogP contribution in [0.3, 0.4) is 0 Å². The fourth-order valence-corrected chi connectivity index (χ4v) is 4.00. The fourth-order valence-electron chi connectivity index (χ4n) is 3.35. The first-order chi connectivity index (χ1) is 14.5. The second kappa shape index (κ2) is 13.2. The van der Waals surface area contributed by atoms with Crippen LogP contribution >= 0.6 is 35.3 Å². The van der Waals surface area contributed by atoms with Crippen molar-refractivity contribution in [3.8, 4) is 0 Å². The lowest BCUT2D eigenvalue weighted by Gasteiger charge is -2.37. The summed E-state index contributed by atoms with van der Waals surface area (Å²) in [6, 6.07) is 4.10. The molecule has 3 heterocycles. The van der Waals surface area contributed by atoms with Gasteiger partial charge < -0.3 is 24.8 Å². The largest absolute Gasteiger partial charge is 0.378 e. The maximum atomic E-state index is 12.5. The molecule has 0 atom stereocenters. The van der Waals surface area contributed by atoms with Gasteiger partial charge in [0.2, 0.25) is 11.8 Å². The lowest BCUT2D eigenvalue weighted by Crippen LogP contribution is -2.55. The van der Waals surface area contributed by atoms with E-state index in [1.807, 2.05) is 16.3 Å². The van der Waals surface area contributed by atoms with Gasteiger partial charge in [-0.05, 0) is 11.4 Å². The number of hydrogen-bond donors (Lipinski definition) is 1. The van der Waals surface area contributed by atoms with Crippen molar-refractivity contribution in [2.75, 3.05) is 79.7 Å². The number of halogens is 1. The quantitative estimate of drug-likeness (QED) is 0.306. The maximum Gasteiger partial charge on any atom is 0.243 e. The van der Waals surface area contributed by atoms with Gasteiger partial charge in [-0.15, -0.1) is 35.3 Å². The van der Waals surface area contributed by atoms with Gasteiger partial charge in [0.1, 0.15) is 6.54 Å². The van der Waals surface area contributed by atoms with Crippen molar-refractivity contribution in [1.29, 1.82) is 0 Å². The molecule has 0 unspecified atom stereocenters. The number of hydrogen-bond acceptors (Lipinski definition) is 6. The molecule has 2 amide bonds. The van der Waals surface area contributed by atoms with E-state index in [1.54, 1.807) is 30.3 Å². The van der Waals surface area contributed by atoms with Crippen LogP contribution in [-0.2, 0) is 20.9 Å². The molecule has 2 aliphatic heterocycles. The van der Waals surface area contributed by atoms with Crippen molar-refractivity contribution in [1.82, 2.24) is 24.9 Å². The van der Waals surface area contributed by atoms with Crippen LogP contribution in [0.25, 0.3) is 0 Å². The van der Waals surface area contributed by atoms with Crippen molar-refractivity contribution >= 4 is 53.1 Å². The molecule has 0 saturated carbocycles. The summed E-state index contributed by atoms with van der Waals surface area (Å²) in [5.41, 5.74) is 0. The fraction of sp³-hybridized carbons (Fsp3) is 0.650. The van der Waals surface area contributed by atoms with Crippen LogP contribution in [0, 0.1) is 0 Å². The van der Waals surface area contributed by atoms with Gasteiger partial charge >= 0.3 is 0 Å². The van der Waals surface area contributed by atoms with Crippen LogP contribution in [0.1, 0.15) is 4.88 Å². The van der Waals surface area contributed by atoms with Gasteiger partial charge in [0.25, 0.3) is 0 Å². The Morgan fingerprint density at radius 2 is 1.84 bits per heavy atom. The second-order valence-corrected chi connectivity index (χ2v) is 8.65. The monoisotopic (exact) mass is 564 g/mol. The average molecular weight is 564 g/mol. The Labute approximate surface area is 205 Å². The minimum atomic E-state index is -0.0276. The molecule has 1 N–H and O–H groups in total. The first-order valence-corrected chi connectivity index (χ1v) is 11.2. The minimum Gasteiger partial charge on any atom is -0.378 e. The summed E-state index contributed by atoms with van der Waals surface area (Å²) in [6.07, 6.45) is 0. The van der Waals surface area contributed by atoms with E-state index in [0.717, 1.165) is 32.1 Å². The van der Waals surface area contributed by atoms with Crippen molar-refractivity contribution < 1.29 is 14.3 Å². The lowest BCUT2D eigenvalue weighted by atomic mass is 10.3. The highest BCUT2D eigenvalue weighted by Gasteiger charge is 2.24. The van der Waals surface area contributed by atoms with Crippen LogP contribution in [-0.4, -0.2) is 117 Å². The molecule has 0 aliphatic carbocycles. The molecule has 0 bridgehead atoms. The van der Waals surface area contributed by atoms with E-state index in [4.69, 9.17) is 4.74 Å². The molecule has 2 aliphatic rings. The zero-order valence-electron chi connectivity index (χ0n) is 18.3. The summed E-state index contributed by atoms with van der Waals surface area (Å²) in [4.78, 5) is 38.1. The number of nitrogens with zero attached hydrogens (tertiary/aromatic N) is 5. The summed E-state index contributed by atoms with van der Waals surface area (Å²) in [5.74, 6) is 0.894. The van der Waals surface area contributed by atoms with Gasteiger partial charge in [-0.25, -0.2) is 4.99 Å². The Kier molecular flexibility index (Phi) is 11.0. The molecule has 0 aromatic carbocycles. The number of morpholine rings is 1. The Morgan fingerprint density at radius 1 is 1.13 bits per heavy atom. The number of carbonyl (C=O) groups is 2. The molecule has 11 heteroatoms. The molecular formula is C20H33IN6O3S. The maximum absolute atomic E-state index is 12.5. The summed E-state index contributed by atoms with van der Waals surface area (Å²) in [5, 5.41) is 5.45. The van der Waals surface area contributed by atoms with Crippen LogP contribution in [0.4, 0.5) is 0 Å². The van der Waals surface area contributed by atoms with E-state index < -0.39 is 0 Å². The molecule has 174 valence electrons. The number of guanidine groups is 1. The smallest absolute Gasteiger partial charge is 0.243 e. The molecule has 0 radical (unpaired) electrons. The molecular weight excluding hydrogens is 531 g/mol. The Balaban J connectivity index is 0.00000341. The number of nitrogens with one attached hydrogen (secondary N) is 1. The van der Waals surface area contributed by atoms with E-state index in [1.165, 1.54) is 4.88 Å². The van der Waals surface area contributed by atoms with Crippen LogP contribution in [0.5, 0.6) is 0 Å². The van der Waals surface area contributed by atoms with Crippen LogP contribution in [0.15, 0.2) is 22.5 Å². The molecule has 0 spiro atoms. The van der Waals surface area contributed by atoms with Gasteiger partial charge in [0.05, 0.1) is 26.3 Å². The van der Waals surface area contributed by atoms with Gasteiger partial charge in [0, 0.05) is 58.2 Å².